The Hall–Kier alpha value is -3.91. The summed E-state index contributed by atoms with van der Waals surface area (Å²) in [6.07, 6.45) is 4.22. The average Bonchev–Trinajstić information content (AvgIpc) is 3.44. The van der Waals surface area contributed by atoms with Gasteiger partial charge in [0, 0.05) is 24.0 Å². The van der Waals surface area contributed by atoms with E-state index in [4.69, 9.17) is 9.97 Å². The van der Waals surface area contributed by atoms with Gasteiger partial charge in [-0.2, -0.15) is 5.10 Å². The number of imidazole rings is 1. The molecule has 0 radical (unpaired) electrons. The fraction of sp³-hybridized carbons (Fsp3) is 0.200. The van der Waals surface area contributed by atoms with E-state index in [1.807, 2.05) is 56.6 Å². The van der Waals surface area contributed by atoms with Gasteiger partial charge in [-0.1, -0.05) is 18.2 Å². The van der Waals surface area contributed by atoms with E-state index in [9.17, 15) is 4.39 Å². The number of fused-ring (bicyclic) bond motifs is 1. The smallest absolute Gasteiger partial charge is 0.155 e. The number of hydrogen-bond donors (Lipinski definition) is 1. The highest BCUT2D eigenvalue weighted by Crippen LogP contribution is 2.29. The highest BCUT2D eigenvalue weighted by molar-refractivity contribution is 5.77. The van der Waals surface area contributed by atoms with Gasteiger partial charge in [0.1, 0.15) is 18.0 Å². The lowest BCUT2D eigenvalue weighted by Gasteiger charge is -2.15. The van der Waals surface area contributed by atoms with Crippen LogP contribution in [0.15, 0.2) is 67.1 Å². The molecule has 0 aliphatic rings. The van der Waals surface area contributed by atoms with Crippen LogP contribution in [0.25, 0.3) is 28.3 Å². The van der Waals surface area contributed by atoms with Crippen molar-refractivity contribution in [1.82, 2.24) is 34.4 Å². The van der Waals surface area contributed by atoms with Crippen LogP contribution in [0.5, 0.6) is 0 Å². The summed E-state index contributed by atoms with van der Waals surface area (Å²) >= 11 is 0. The first-order valence-electron chi connectivity index (χ1n) is 10.8. The van der Waals surface area contributed by atoms with Gasteiger partial charge in [-0.15, -0.1) is 0 Å². The van der Waals surface area contributed by atoms with Crippen molar-refractivity contribution >= 4 is 5.65 Å². The van der Waals surface area contributed by atoms with Crippen LogP contribution in [0.4, 0.5) is 4.39 Å². The van der Waals surface area contributed by atoms with E-state index in [0.717, 1.165) is 58.3 Å². The van der Waals surface area contributed by atoms with Crippen LogP contribution in [0.3, 0.4) is 0 Å². The molecule has 0 atom stereocenters. The van der Waals surface area contributed by atoms with Crippen LogP contribution in [-0.2, 0) is 13.0 Å². The first-order chi connectivity index (χ1) is 16.0. The first-order valence-corrected chi connectivity index (χ1v) is 10.8. The zero-order chi connectivity index (χ0) is 22.8. The number of nitrogens with zero attached hydrogens (tertiary/aromatic N) is 6. The number of aryl methyl sites for hydroxylation is 1. The normalized spacial score (nSPS) is 11.5. The standard InChI is InChI=1S/C25H24FN7/c1-17-5-3-8-21(29-17)25-24(19-9-10-23-27-16-28-33(23)14-19)30-22(31-25)15-32(2)12-11-18-6-4-7-20(26)13-18/h3-10,13-14,16H,11-12,15H2,1-2H3,(H,30,31). The second-order valence-corrected chi connectivity index (χ2v) is 8.17. The molecule has 0 spiro atoms. The minimum atomic E-state index is -0.203. The van der Waals surface area contributed by atoms with Gasteiger partial charge >= 0.3 is 0 Å². The molecule has 0 bridgehead atoms. The Labute approximate surface area is 191 Å². The summed E-state index contributed by atoms with van der Waals surface area (Å²) in [4.78, 5) is 19.5. The second kappa shape index (κ2) is 8.91. The Bertz CT molecular complexity index is 1400. The molecule has 7 nitrogen and oxygen atoms in total. The van der Waals surface area contributed by atoms with Crippen LogP contribution in [0.2, 0.25) is 0 Å². The summed E-state index contributed by atoms with van der Waals surface area (Å²) in [5, 5.41) is 4.25. The number of nitrogens with one attached hydrogen (secondary N) is 1. The maximum Gasteiger partial charge on any atom is 0.155 e. The molecule has 4 aromatic heterocycles. The summed E-state index contributed by atoms with van der Waals surface area (Å²) in [5.74, 6) is 0.634. The molecule has 8 heteroatoms. The number of aromatic nitrogens is 6. The highest BCUT2D eigenvalue weighted by Gasteiger charge is 2.17. The number of rotatable bonds is 7. The zero-order valence-corrected chi connectivity index (χ0v) is 18.5. The highest BCUT2D eigenvalue weighted by atomic mass is 19.1. The Balaban J connectivity index is 1.43. The molecule has 0 saturated heterocycles. The minimum Gasteiger partial charge on any atom is -0.339 e. The van der Waals surface area contributed by atoms with Crippen molar-refractivity contribution in [2.75, 3.05) is 13.6 Å². The monoisotopic (exact) mass is 441 g/mol. The molecule has 0 aliphatic heterocycles. The lowest BCUT2D eigenvalue weighted by molar-refractivity contribution is 0.323. The minimum absolute atomic E-state index is 0.203. The molecule has 4 heterocycles. The van der Waals surface area contributed by atoms with Gasteiger partial charge in [-0.25, -0.2) is 18.9 Å². The Morgan fingerprint density at radius 1 is 1.06 bits per heavy atom. The molecular formula is C25H24FN7. The molecule has 5 aromatic rings. The lowest BCUT2D eigenvalue weighted by atomic mass is 10.1. The topological polar surface area (TPSA) is 75.0 Å². The largest absolute Gasteiger partial charge is 0.339 e. The van der Waals surface area contributed by atoms with Crippen LogP contribution in [-0.4, -0.2) is 48.0 Å². The lowest BCUT2D eigenvalue weighted by Crippen LogP contribution is -2.21. The summed E-state index contributed by atoms with van der Waals surface area (Å²) in [6.45, 7) is 3.38. The summed E-state index contributed by atoms with van der Waals surface area (Å²) in [7, 11) is 2.04. The van der Waals surface area contributed by atoms with E-state index in [1.165, 1.54) is 12.4 Å². The van der Waals surface area contributed by atoms with Crippen LogP contribution < -0.4 is 0 Å². The quantitative estimate of drug-likeness (QED) is 0.408. The fourth-order valence-electron chi connectivity index (χ4n) is 3.88. The van der Waals surface area contributed by atoms with Crippen molar-refractivity contribution in [3.8, 4) is 22.6 Å². The number of likely N-dealkylation sites (N-methyl/N-ethyl adjacent to an activating group) is 1. The van der Waals surface area contributed by atoms with Crippen LogP contribution in [0, 0.1) is 12.7 Å². The van der Waals surface area contributed by atoms with Gasteiger partial charge in [-0.3, -0.25) is 9.88 Å². The predicted octanol–water partition coefficient (Wildman–Crippen LogP) is 4.30. The van der Waals surface area contributed by atoms with E-state index in [0.29, 0.717) is 6.54 Å². The van der Waals surface area contributed by atoms with Gasteiger partial charge in [0.15, 0.2) is 5.65 Å². The Morgan fingerprint density at radius 3 is 2.79 bits per heavy atom. The number of H-pyrrole nitrogens is 1. The molecule has 0 fully saturated rings. The fourth-order valence-corrected chi connectivity index (χ4v) is 3.88. The maximum atomic E-state index is 13.5. The molecule has 0 saturated carbocycles. The van der Waals surface area contributed by atoms with Crippen molar-refractivity contribution in [2.24, 2.45) is 0 Å². The van der Waals surface area contributed by atoms with Crippen molar-refractivity contribution < 1.29 is 4.39 Å². The third-order valence-electron chi connectivity index (χ3n) is 5.54. The molecular weight excluding hydrogens is 417 g/mol. The number of hydrogen-bond acceptors (Lipinski definition) is 5. The van der Waals surface area contributed by atoms with Crippen LogP contribution >= 0.6 is 0 Å². The molecule has 5 rings (SSSR count). The Morgan fingerprint density at radius 2 is 1.94 bits per heavy atom. The summed E-state index contributed by atoms with van der Waals surface area (Å²) in [6, 6.07) is 16.6. The molecule has 1 aromatic carbocycles. The second-order valence-electron chi connectivity index (χ2n) is 8.17. The van der Waals surface area contributed by atoms with Crippen molar-refractivity contribution in [3.63, 3.8) is 0 Å². The van der Waals surface area contributed by atoms with E-state index in [1.54, 1.807) is 16.6 Å². The van der Waals surface area contributed by atoms with E-state index in [2.05, 4.69) is 20.0 Å². The zero-order valence-electron chi connectivity index (χ0n) is 18.5. The number of pyridine rings is 2. The third kappa shape index (κ3) is 4.65. The third-order valence-corrected chi connectivity index (χ3v) is 5.54. The van der Waals surface area contributed by atoms with Gasteiger partial charge in [0.2, 0.25) is 0 Å². The molecule has 0 unspecified atom stereocenters. The van der Waals surface area contributed by atoms with E-state index in [-0.39, 0.29) is 5.82 Å². The predicted molar refractivity (Wildman–Crippen MR) is 125 cm³/mol. The maximum absolute atomic E-state index is 13.5. The molecule has 0 aliphatic carbocycles. The van der Waals surface area contributed by atoms with Crippen LogP contribution in [0.1, 0.15) is 17.1 Å². The molecule has 33 heavy (non-hydrogen) atoms. The van der Waals surface area contributed by atoms with Gasteiger partial charge in [0.25, 0.3) is 0 Å². The van der Waals surface area contributed by atoms with Crippen molar-refractivity contribution in [1.29, 1.82) is 0 Å². The van der Waals surface area contributed by atoms with Gasteiger partial charge in [0.05, 0.1) is 23.6 Å². The SMILES string of the molecule is Cc1cccc(-c2[nH]c(CN(C)CCc3cccc(F)c3)nc2-c2ccc3ncnn3c2)n1. The van der Waals surface area contributed by atoms with Gasteiger partial charge < -0.3 is 4.98 Å². The summed E-state index contributed by atoms with van der Waals surface area (Å²) < 4.78 is 15.2. The molecule has 0 amide bonds. The summed E-state index contributed by atoms with van der Waals surface area (Å²) in [5.41, 5.74) is 6.15. The van der Waals surface area contributed by atoms with Crippen molar-refractivity contribution in [3.05, 3.63) is 90.0 Å². The average molecular weight is 442 g/mol. The number of aromatic amines is 1. The number of benzene rings is 1. The molecule has 1 N–H and O–H groups in total. The van der Waals surface area contributed by atoms with Gasteiger partial charge in [-0.05, 0) is 62.4 Å². The molecule has 166 valence electrons. The number of halogens is 1. The van der Waals surface area contributed by atoms with Crippen molar-refractivity contribution in [2.45, 2.75) is 19.9 Å². The van der Waals surface area contributed by atoms with E-state index < -0.39 is 0 Å². The van der Waals surface area contributed by atoms with E-state index >= 15 is 0 Å². The first kappa shape index (κ1) is 21.0. The Kier molecular flexibility index (Phi) is 5.66.